The first-order valence-corrected chi connectivity index (χ1v) is 9.56. The van der Waals surface area contributed by atoms with E-state index in [-0.39, 0.29) is 35.1 Å². The molecule has 7 atom stereocenters. The largest absolute Gasteiger partial charge is 0.459 e. The predicted molar refractivity (Wildman–Crippen MR) is 91.8 cm³/mol. The van der Waals surface area contributed by atoms with E-state index in [9.17, 15) is 15.0 Å². The molecule has 2 heterocycles. The Bertz CT molecular complexity index is 437. The summed E-state index contributed by atoms with van der Waals surface area (Å²) < 4.78 is 16.7. The predicted octanol–water partition coefficient (Wildman–Crippen LogP) is 1.85. The number of carbonyl (C=O) groups excluding carboxylic acids is 1. The van der Waals surface area contributed by atoms with Crippen molar-refractivity contribution in [2.24, 2.45) is 0 Å². The van der Waals surface area contributed by atoms with Crippen LogP contribution in [-0.4, -0.2) is 63.0 Å². The molecule has 2 N–H and O–H groups in total. The average molecular weight is 362 g/mol. The van der Waals surface area contributed by atoms with Crippen LogP contribution in [0.1, 0.15) is 53.9 Å². The molecule has 0 spiro atoms. The molecule has 0 saturated carbocycles. The quantitative estimate of drug-likeness (QED) is 0.551. The Kier molecular flexibility index (Phi) is 6.58. The number of thioether (sulfide) groups is 1. The normalized spacial score (nSPS) is 37.8. The van der Waals surface area contributed by atoms with E-state index in [0.29, 0.717) is 0 Å². The van der Waals surface area contributed by atoms with Crippen LogP contribution in [0.4, 0.5) is 0 Å². The second-order valence-electron chi connectivity index (χ2n) is 7.73. The maximum Gasteiger partial charge on any atom is 0.320 e. The molecular weight excluding hydrogens is 332 g/mol. The van der Waals surface area contributed by atoms with Gasteiger partial charge in [-0.25, -0.2) is 0 Å². The highest BCUT2D eigenvalue weighted by molar-refractivity contribution is 8.08. The second kappa shape index (κ2) is 7.91. The topological polar surface area (TPSA) is 85.2 Å². The van der Waals surface area contributed by atoms with Crippen LogP contribution in [0, 0.1) is 0 Å². The highest BCUT2D eigenvalue weighted by Crippen LogP contribution is 2.46. The first kappa shape index (κ1) is 20.0. The molecule has 24 heavy (non-hydrogen) atoms. The minimum Gasteiger partial charge on any atom is -0.459 e. The number of aliphatic hydroxyl groups excluding tert-OH is 2. The van der Waals surface area contributed by atoms with Gasteiger partial charge in [-0.05, 0) is 47.5 Å². The van der Waals surface area contributed by atoms with Gasteiger partial charge in [-0.15, -0.1) is 11.8 Å². The molecule has 6 nitrogen and oxygen atoms in total. The lowest BCUT2D eigenvalue weighted by Crippen LogP contribution is -2.48. The Labute approximate surface area is 148 Å². The van der Waals surface area contributed by atoms with Gasteiger partial charge in [0.2, 0.25) is 0 Å². The van der Waals surface area contributed by atoms with Crippen molar-refractivity contribution in [1.82, 2.24) is 0 Å². The molecule has 0 radical (unpaired) electrons. The lowest BCUT2D eigenvalue weighted by Gasteiger charge is -2.36. The maximum absolute atomic E-state index is 12.0. The fourth-order valence-electron chi connectivity index (χ4n) is 2.69. The fraction of sp³-hybridized carbons (Fsp3) is 0.941. The van der Waals surface area contributed by atoms with Crippen LogP contribution in [0.15, 0.2) is 0 Å². The Hall–Kier alpha value is -0.340. The molecule has 0 aromatic rings. The standard InChI is InChI=1S/C17H30O6S/c1-9(21-16-12(19)8-11(18)10(2)22-16)6-7-13-14(24-13)15(20)23-17(3,4)5/h9-14,16,18-19H,6-8H2,1-5H3/t9-,10+,11-,12-,13-,14+,16-/m1/s1. The summed E-state index contributed by atoms with van der Waals surface area (Å²) >= 11 is 1.63. The molecule has 0 aromatic carbocycles. The lowest BCUT2D eigenvalue weighted by atomic mass is 10.0. The van der Waals surface area contributed by atoms with Crippen molar-refractivity contribution in [1.29, 1.82) is 0 Å². The van der Waals surface area contributed by atoms with Gasteiger partial charge in [0, 0.05) is 11.7 Å². The van der Waals surface area contributed by atoms with Gasteiger partial charge in [-0.1, -0.05) is 0 Å². The zero-order valence-electron chi connectivity index (χ0n) is 15.1. The van der Waals surface area contributed by atoms with Crippen LogP contribution in [-0.2, 0) is 19.0 Å². The van der Waals surface area contributed by atoms with Crippen LogP contribution >= 0.6 is 11.8 Å². The summed E-state index contributed by atoms with van der Waals surface area (Å²) in [6.07, 6.45) is -0.716. The Morgan fingerprint density at radius 3 is 2.62 bits per heavy atom. The van der Waals surface area contributed by atoms with Gasteiger partial charge < -0.3 is 24.4 Å². The molecule has 2 rings (SSSR count). The summed E-state index contributed by atoms with van der Waals surface area (Å²) in [7, 11) is 0. The van der Waals surface area contributed by atoms with E-state index in [1.807, 2.05) is 27.7 Å². The minimum atomic E-state index is -0.816. The third-order valence-corrected chi connectivity index (χ3v) is 5.49. The highest BCUT2D eigenvalue weighted by atomic mass is 32.2. The summed E-state index contributed by atoms with van der Waals surface area (Å²) in [5.41, 5.74) is -0.448. The number of aliphatic hydroxyl groups is 2. The molecule has 0 bridgehead atoms. The van der Waals surface area contributed by atoms with E-state index < -0.39 is 24.1 Å². The molecule has 0 unspecified atom stereocenters. The van der Waals surface area contributed by atoms with Gasteiger partial charge in [0.05, 0.1) is 18.3 Å². The van der Waals surface area contributed by atoms with E-state index in [2.05, 4.69) is 0 Å². The number of hydrogen-bond acceptors (Lipinski definition) is 7. The van der Waals surface area contributed by atoms with Crippen LogP contribution < -0.4 is 0 Å². The van der Waals surface area contributed by atoms with Crippen LogP contribution in [0.2, 0.25) is 0 Å². The van der Waals surface area contributed by atoms with Crippen molar-refractivity contribution in [2.45, 2.75) is 101 Å². The Morgan fingerprint density at radius 1 is 1.33 bits per heavy atom. The van der Waals surface area contributed by atoms with Gasteiger partial charge in [0.15, 0.2) is 6.29 Å². The Morgan fingerprint density at radius 2 is 2.00 bits per heavy atom. The van der Waals surface area contributed by atoms with Crippen LogP contribution in [0.3, 0.4) is 0 Å². The van der Waals surface area contributed by atoms with Crippen LogP contribution in [0.5, 0.6) is 0 Å². The van der Waals surface area contributed by atoms with Gasteiger partial charge in [-0.2, -0.15) is 0 Å². The molecule has 2 aliphatic rings. The lowest BCUT2D eigenvalue weighted by molar-refractivity contribution is -0.273. The monoisotopic (exact) mass is 362 g/mol. The van der Waals surface area contributed by atoms with Crippen LogP contribution in [0.25, 0.3) is 0 Å². The van der Waals surface area contributed by atoms with E-state index in [1.54, 1.807) is 18.7 Å². The van der Waals surface area contributed by atoms with Crippen molar-refractivity contribution in [2.75, 3.05) is 0 Å². The van der Waals surface area contributed by atoms with Crippen molar-refractivity contribution in [3.8, 4) is 0 Å². The molecular formula is C17H30O6S. The van der Waals surface area contributed by atoms with E-state index in [4.69, 9.17) is 14.2 Å². The molecule has 7 heteroatoms. The van der Waals surface area contributed by atoms with E-state index in [1.165, 1.54) is 0 Å². The molecule has 140 valence electrons. The van der Waals surface area contributed by atoms with Crippen molar-refractivity contribution in [3.63, 3.8) is 0 Å². The van der Waals surface area contributed by atoms with Gasteiger partial charge in [0.1, 0.15) is 17.0 Å². The second-order valence-corrected chi connectivity index (χ2v) is 9.12. The molecule has 2 fully saturated rings. The summed E-state index contributed by atoms with van der Waals surface area (Å²) in [6.45, 7) is 9.31. The minimum absolute atomic E-state index is 0.0666. The van der Waals surface area contributed by atoms with Crippen molar-refractivity contribution in [3.05, 3.63) is 0 Å². The zero-order valence-corrected chi connectivity index (χ0v) is 15.9. The zero-order chi connectivity index (χ0) is 18.1. The summed E-state index contributed by atoms with van der Waals surface area (Å²) in [5, 5.41) is 19.8. The number of hydrogen-bond donors (Lipinski definition) is 2. The molecule has 2 aliphatic heterocycles. The first-order valence-electron chi connectivity index (χ1n) is 8.62. The average Bonchev–Trinajstić information content (AvgIpc) is 3.20. The van der Waals surface area contributed by atoms with E-state index in [0.717, 1.165) is 12.8 Å². The SMILES string of the molecule is C[C@H](CC[C@H]1S[C@@H]1C(=O)OC(C)(C)C)O[C@@H]1O[C@@H](C)[C@H](O)C[C@H]1O. The number of esters is 1. The third-order valence-electron chi connectivity index (χ3n) is 4.13. The highest BCUT2D eigenvalue weighted by Gasteiger charge is 2.46. The first-order chi connectivity index (χ1) is 11.1. The number of rotatable bonds is 6. The third kappa shape index (κ3) is 5.88. The smallest absolute Gasteiger partial charge is 0.320 e. The Balaban J connectivity index is 1.67. The van der Waals surface area contributed by atoms with E-state index >= 15 is 0 Å². The number of carbonyl (C=O) groups is 1. The maximum atomic E-state index is 12.0. The molecule has 0 aromatic heterocycles. The molecule has 2 saturated heterocycles. The summed E-state index contributed by atoms with van der Waals surface area (Å²) in [5.74, 6) is -0.139. The molecule has 0 aliphatic carbocycles. The van der Waals surface area contributed by atoms with Crippen molar-refractivity contribution < 1.29 is 29.2 Å². The van der Waals surface area contributed by atoms with Gasteiger partial charge in [-0.3, -0.25) is 4.79 Å². The summed E-state index contributed by atoms with van der Waals surface area (Å²) in [4.78, 5) is 12.0. The van der Waals surface area contributed by atoms with Gasteiger partial charge >= 0.3 is 5.97 Å². The summed E-state index contributed by atoms with van der Waals surface area (Å²) in [6, 6.07) is 0. The fourth-order valence-corrected chi connectivity index (χ4v) is 3.66. The van der Waals surface area contributed by atoms with Crippen molar-refractivity contribution >= 4 is 17.7 Å². The number of ether oxygens (including phenoxy) is 3. The van der Waals surface area contributed by atoms with Gasteiger partial charge in [0.25, 0.3) is 0 Å². The molecule has 0 amide bonds.